The Morgan fingerprint density at radius 2 is 1.95 bits per heavy atom. The highest BCUT2D eigenvalue weighted by molar-refractivity contribution is 5.37. The molecule has 1 aromatic rings. The van der Waals surface area contributed by atoms with Crippen LogP contribution < -0.4 is 0 Å². The van der Waals surface area contributed by atoms with E-state index < -0.39 is 18.5 Å². The molecule has 0 heterocycles. The van der Waals surface area contributed by atoms with E-state index in [1.807, 2.05) is 0 Å². The number of rotatable bonds is 3. The van der Waals surface area contributed by atoms with Gasteiger partial charge in [0.25, 0.3) is 0 Å². The van der Waals surface area contributed by atoms with Gasteiger partial charge in [-0.3, -0.25) is 4.90 Å². The van der Waals surface area contributed by atoms with E-state index in [0.29, 0.717) is 11.1 Å². The molecule has 6 heteroatoms. The maximum atomic E-state index is 13.3. The molecule has 0 aromatic heterocycles. The van der Waals surface area contributed by atoms with Crippen LogP contribution in [0.2, 0.25) is 0 Å². The van der Waals surface area contributed by atoms with Crippen molar-refractivity contribution in [3.8, 4) is 11.8 Å². The molecule has 2 nitrogen and oxygen atoms in total. The fourth-order valence-corrected chi connectivity index (χ4v) is 1.63. The molecule has 0 spiro atoms. The molecule has 0 fully saturated rings. The lowest BCUT2D eigenvalue weighted by atomic mass is 10.1. The van der Waals surface area contributed by atoms with Gasteiger partial charge in [-0.2, -0.15) is 13.2 Å². The number of hydrogen-bond donors (Lipinski definition) is 1. The number of aliphatic hydroxyl groups is 1. The van der Waals surface area contributed by atoms with Crippen LogP contribution in [-0.4, -0.2) is 36.4 Å². The highest BCUT2D eigenvalue weighted by Gasteiger charge is 2.29. The molecule has 0 amide bonds. The van der Waals surface area contributed by atoms with E-state index in [-0.39, 0.29) is 13.2 Å². The van der Waals surface area contributed by atoms with Crippen LogP contribution in [0.25, 0.3) is 0 Å². The fourth-order valence-electron chi connectivity index (χ4n) is 1.63. The third-order valence-corrected chi connectivity index (χ3v) is 2.17. The predicted octanol–water partition coefficient (Wildman–Crippen LogP) is 2.16. The third-order valence-electron chi connectivity index (χ3n) is 2.17. The highest BCUT2D eigenvalue weighted by atomic mass is 19.4. The molecule has 0 saturated heterocycles. The largest absolute Gasteiger partial charge is 0.401 e. The van der Waals surface area contributed by atoms with Crippen molar-refractivity contribution in [2.24, 2.45) is 0 Å². The van der Waals surface area contributed by atoms with Crippen molar-refractivity contribution in [3.05, 3.63) is 35.1 Å². The van der Waals surface area contributed by atoms with Crippen LogP contribution in [0.3, 0.4) is 0 Å². The molecule has 0 bridgehead atoms. The summed E-state index contributed by atoms with van der Waals surface area (Å²) in [6.07, 6.45) is -4.29. The van der Waals surface area contributed by atoms with Crippen molar-refractivity contribution in [2.75, 3.05) is 20.2 Å². The molecule has 0 radical (unpaired) electrons. The zero-order valence-electron chi connectivity index (χ0n) is 10.3. The van der Waals surface area contributed by atoms with Crippen molar-refractivity contribution >= 4 is 0 Å². The molecular formula is C13H13F4NO. The summed E-state index contributed by atoms with van der Waals surface area (Å²) in [6, 6.07) is 3.82. The Morgan fingerprint density at radius 3 is 2.53 bits per heavy atom. The minimum Gasteiger partial charge on any atom is -0.384 e. The van der Waals surface area contributed by atoms with Gasteiger partial charge in [-0.25, -0.2) is 4.39 Å². The quantitative estimate of drug-likeness (QED) is 0.675. The summed E-state index contributed by atoms with van der Waals surface area (Å²) in [5, 5.41) is 8.54. The van der Waals surface area contributed by atoms with E-state index in [1.165, 1.54) is 13.1 Å². The van der Waals surface area contributed by atoms with Crippen molar-refractivity contribution in [1.82, 2.24) is 4.90 Å². The van der Waals surface area contributed by atoms with Crippen LogP contribution in [0, 0.1) is 17.7 Å². The minimum absolute atomic E-state index is 0.0366. The molecule has 0 atom stereocenters. The molecule has 0 aliphatic carbocycles. The molecule has 0 unspecified atom stereocenters. The van der Waals surface area contributed by atoms with Crippen molar-refractivity contribution in [3.63, 3.8) is 0 Å². The van der Waals surface area contributed by atoms with E-state index in [9.17, 15) is 17.6 Å². The lowest BCUT2D eigenvalue weighted by Gasteiger charge is -2.18. The molecular weight excluding hydrogens is 262 g/mol. The summed E-state index contributed by atoms with van der Waals surface area (Å²) in [6.45, 7) is -1.47. The van der Waals surface area contributed by atoms with Crippen molar-refractivity contribution in [1.29, 1.82) is 0 Å². The lowest BCUT2D eigenvalue weighted by molar-refractivity contribution is -0.144. The van der Waals surface area contributed by atoms with Crippen LogP contribution in [0.5, 0.6) is 0 Å². The van der Waals surface area contributed by atoms with E-state index in [4.69, 9.17) is 5.11 Å². The van der Waals surface area contributed by atoms with Crippen molar-refractivity contribution < 1.29 is 22.7 Å². The molecule has 0 aliphatic heterocycles. The van der Waals surface area contributed by atoms with Gasteiger partial charge in [-0.1, -0.05) is 11.8 Å². The topological polar surface area (TPSA) is 23.5 Å². The third kappa shape index (κ3) is 6.22. The summed E-state index contributed by atoms with van der Waals surface area (Å²) in [7, 11) is 1.30. The highest BCUT2D eigenvalue weighted by Crippen LogP contribution is 2.17. The number of alkyl halides is 3. The Morgan fingerprint density at radius 1 is 1.26 bits per heavy atom. The Kier molecular flexibility index (Phi) is 5.33. The van der Waals surface area contributed by atoms with Crippen LogP contribution in [0.15, 0.2) is 18.2 Å². The summed E-state index contributed by atoms with van der Waals surface area (Å²) in [5.74, 6) is 4.30. The molecule has 0 saturated carbocycles. The van der Waals surface area contributed by atoms with Crippen LogP contribution in [-0.2, 0) is 6.54 Å². The zero-order chi connectivity index (χ0) is 14.5. The molecule has 1 rings (SSSR count). The zero-order valence-corrected chi connectivity index (χ0v) is 10.3. The smallest absolute Gasteiger partial charge is 0.384 e. The first kappa shape index (κ1) is 15.5. The van der Waals surface area contributed by atoms with Crippen LogP contribution in [0.1, 0.15) is 11.1 Å². The summed E-state index contributed by atoms with van der Waals surface area (Å²) >= 11 is 0. The Bertz CT molecular complexity index is 488. The van der Waals surface area contributed by atoms with E-state index in [0.717, 1.165) is 17.0 Å². The maximum Gasteiger partial charge on any atom is 0.401 e. The van der Waals surface area contributed by atoms with E-state index >= 15 is 0 Å². The first-order valence-electron chi connectivity index (χ1n) is 5.44. The fraction of sp³-hybridized carbons (Fsp3) is 0.385. The lowest BCUT2D eigenvalue weighted by Crippen LogP contribution is -2.30. The van der Waals surface area contributed by atoms with Gasteiger partial charge in [0.15, 0.2) is 0 Å². The van der Waals surface area contributed by atoms with Crippen LogP contribution in [0.4, 0.5) is 17.6 Å². The predicted molar refractivity (Wildman–Crippen MR) is 62.8 cm³/mol. The molecule has 0 aliphatic rings. The van der Waals surface area contributed by atoms with E-state index in [2.05, 4.69) is 11.8 Å². The molecule has 1 aromatic carbocycles. The number of aliphatic hydroxyl groups excluding tert-OH is 1. The van der Waals surface area contributed by atoms with Gasteiger partial charge in [0.2, 0.25) is 0 Å². The molecule has 1 N–H and O–H groups in total. The van der Waals surface area contributed by atoms with Gasteiger partial charge < -0.3 is 5.11 Å². The van der Waals surface area contributed by atoms with Gasteiger partial charge in [-0.05, 0) is 30.8 Å². The standard InChI is InChI=1S/C13H13F4NO/c1-18(9-13(15,16)17)8-11-5-10(3-2-4-19)6-12(14)7-11/h5-7,19H,4,8-9H2,1H3. The van der Waals surface area contributed by atoms with Gasteiger partial charge in [-0.15, -0.1) is 0 Å². The monoisotopic (exact) mass is 275 g/mol. The maximum absolute atomic E-state index is 13.3. The second-order valence-electron chi connectivity index (χ2n) is 4.10. The average Bonchev–Trinajstić information content (AvgIpc) is 2.22. The van der Waals surface area contributed by atoms with Gasteiger partial charge in [0.05, 0.1) is 6.54 Å². The minimum atomic E-state index is -4.29. The second-order valence-corrected chi connectivity index (χ2v) is 4.10. The number of hydrogen-bond acceptors (Lipinski definition) is 2. The van der Waals surface area contributed by atoms with Crippen molar-refractivity contribution in [2.45, 2.75) is 12.7 Å². The Hall–Kier alpha value is -1.58. The summed E-state index contributed by atoms with van der Waals surface area (Å²) in [5.41, 5.74) is 0.721. The Labute approximate surface area is 108 Å². The average molecular weight is 275 g/mol. The first-order valence-corrected chi connectivity index (χ1v) is 5.44. The van der Waals surface area contributed by atoms with E-state index in [1.54, 1.807) is 0 Å². The molecule has 104 valence electrons. The first-order chi connectivity index (χ1) is 8.80. The van der Waals surface area contributed by atoms with Crippen LogP contribution >= 0.6 is 0 Å². The van der Waals surface area contributed by atoms with Gasteiger partial charge in [0, 0.05) is 12.1 Å². The summed E-state index contributed by atoms with van der Waals surface area (Å²) in [4.78, 5) is 1.04. The number of benzene rings is 1. The SMILES string of the molecule is CN(Cc1cc(F)cc(C#CCO)c1)CC(F)(F)F. The van der Waals surface area contributed by atoms with Gasteiger partial charge in [0.1, 0.15) is 12.4 Å². The second kappa shape index (κ2) is 6.55. The Balaban J connectivity index is 2.81. The molecule has 19 heavy (non-hydrogen) atoms. The normalized spacial score (nSPS) is 11.3. The van der Waals surface area contributed by atoms with Gasteiger partial charge >= 0.3 is 6.18 Å². The number of nitrogens with zero attached hydrogens (tertiary/aromatic N) is 1. The summed E-state index contributed by atoms with van der Waals surface area (Å²) < 4.78 is 49.8. The number of halogens is 4.